The molecule has 1 aromatic rings. The van der Waals surface area contributed by atoms with E-state index in [1.54, 1.807) is 0 Å². The molecule has 1 aliphatic rings. The van der Waals surface area contributed by atoms with Crippen LogP contribution in [0.2, 0.25) is 5.15 Å². The highest BCUT2D eigenvalue weighted by Gasteiger charge is 2.18. The highest BCUT2D eigenvalue weighted by molar-refractivity contribution is 6.30. The molecule has 1 saturated heterocycles. The van der Waals surface area contributed by atoms with Gasteiger partial charge < -0.3 is 15.0 Å². The van der Waals surface area contributed by atoms with Crippen LogP contribution >= 0.6 is 11.6 Å². The summed E-state index contributed by atoms with van der Waals surface area (Å²) < 4.78 is 5.72. The molecule has 0 bridgehead atoms. The average Bonchev–Trinajstić information content (AvgIpc) is 2.40. The van der Waals surface area contributed by atoms with E-state index in [2.05, 4.69) is 34.2 Å². The molecule has 6 heteroatoms. The molecule has 0 saturated carbocycles. The van der Waals surface area contributed by atoms with Gasteiger partial charge in [-0.25, -0.2) is 9.97 Å². The maximum atomic E-state index is 6.12. The Balaban J connectivity index is 1.96. The van der Waals surface area contributed by atoms with Crippen molar-refractivity contribution in [3.05, 3.63) is 17.0 Å². The Morgan fingerprint density at radius 3 is 3.11 bits per heavy atom. The molecule has 1 aromatic heterocycles. The number of aromatic nitrogens is 2. The van der Waals surface area contributed by atoms with E-state index in [1.165, 1.54) is 6.33 Å². The quantitative estimate of drug-likeness (QED) is 0.836. The van der Waals surface area contributed by atoms with Gasteiger partial charge in [-0.1, -0.05) is 24.9 Å². The molecule has 0 radical (unpaired) electrons. The summed E-state index contributed by atoms with van der Waals surface area (Å²) in [6, 6.07) is 0. The van der Waals surface area contributed by atoms with E-state index in [9.17, 15) is 0 Å². The van der Waals surface area contributed by atoms with Crippen molar-refractivity contribution in [1.29, 1.82) is 0 Å². The third-order valence-corrected chi connectivity index (χ3v) is 3.56. The van der Waals surface area contributed by atoms with E-state index in [-0.39, 0.29) is 6.10 Å². The lowest BCUT2D eigenvalue weighted by atomic mass is 10.2. The van der Waals surface area contributed by atoms with Crippen LogP contribution in [-0.2, 0) is 11.2 Å². The molecule has 5 nitrogen and oxygen atoms in total. The fourth-order valence-electron chi connectivity index (χ4n) is 2.22. The first-order valence-electron chi connectivity index (χ1n) is 6.74. The molecule has 0 aliphatic carbocycles. The van der Waals surface area contributed by atoms with E-state index in [0.29, 0.717) is 5.15 Å². The maximum Gasteiger partial charge on any atom is 0.137 e. The van der Waals surface area contributed by atoms with Crippen LogP contribution in [0.1, 0.15) is 18.9 Å². The zero-order chi connectivity index (χ0) is 13.7. The van der Waals surface area contributed by atoms with Crippen molar-refractivity contribution in [3.63, 3.8) is 0 Å². The lowest BCUT2D eigenvalue weighted by molar-refractivity contribution is -0.0117. The summed E-state index contributed by atoms with van der Waals surface area (Å²) in [5.74, 6) is 0.832. The van der Waals surface area contributed by atoms with Gasteiger partial charge in [0.1, 0.15) is 17.3 Å². The number of likely N-dealkylation sites (N-methyl/N-ethyl adjacent to an activating group) is 1. The second-order valence-corrected chi connectivity index (χ2v) is 5.24. The van der Waals surface area contributed by atoms with E-state index < -0.39 is 0 Å². The van der Waals surface area contributed by atoms with Gasteiger partial charge in [0.15, 0.2) is 0 Å². The summed E-state index contributed by atoms with van der Waals surface area (Å²) in [7, 11) is 2.11. The van der Waals surface area contributed by atoms with E-state index >= 15 is 0 Å². The van der Waals surface area contributed by atoms with Gasteiger partial charge in [0.2, 0.25) is 0 Å². The van der Waals surface area contributed by atoms with Crippen LogP contribution in [0.4, 0.5) is 5.82 Å². The molecule has 0 aromatic carbocycles. The van der Waals surface area contributed by atoms with E-state index in [4.69, 9.17) is 16.3 Å². The molecule has 0 amide bonds. The first kappa shape index (κ1) is 14.5. The number of nitrogens with zero attached hydrogens (tertiary/aromatic N) is 3. The highest BCUT2D eigenvalue weighted by atomic mass is 35.5. The van der Waals surface area contributed by atoms with Crippen molar-refractivity contribution < 1.29 is 4.74 Å². The molecule has 1 fully saturated rings. The molecule has 0 spiro atoms. The predicted octanol–water partition coefficient (Wildman–Crippen LogP) is 1.82. The summed E-state index contributed by atoms with van der Waals surface area (Å²) in [5.41, 5.74) is 0.996. The molecule has 2 rings (SSSR count). The SMILES string of the molecule is CCCc1c(Cl)ncnc1NCC1CN(C)CCO1. The number of nitrogens with one attached hydrogen (secondary N) is 1. The average molecular weight is 285 g/mol. The lowest BCUT2D eigenvalue weighted by Crippen LogP contribution is -2.43. The Morgan fingerprint density at radius 1 is 1.53 bits per heavy atom. The predicted molar refractivity (Wildman–Crippen MR) is 76.8 cm³/mol. The monoisotopic (exact) mass is 284 g/mol. The number of morpholine rings is 1. The Hall–Kier alpha value is -0.910. The first-order chi connectivity index (χ1) is 9.20. The molecule has 1 N–H and O–H groups in total. The van der Waals surface area contributed by atoms with Crippen LogP contribution in [0.15, 0.2) is 6.33 Å². The second kappa shape index (κ2) is 7.03. The topological polar surface area (TPSA) is 50.3 Å². The number of ether oxygens (including phenoxy) is 1. The minimum Gasteiger partial charge on any atom is -0.374 e. The lowest BCUT2D eigenvalue weighted by Gasteiger charge is -2.30. The van der Waals surface area contributed by atoms with Gasteiger partial charge in [-0.05, 0) is 13.5 Å². The number of anilines is 1. The number of rotatable bonds is 5. The smallest absolute Gasteiger partial charge is 0.137 e. The van der Waals surface area contributed by atoms with Crippen LogP contribution in [-0.4, -0.2) is 54.3 Å². The summed E-state index contributed by atoms with van der Waals surface area (Å²) in [6.07, 6.45) is 3.59. The van der Waals surface area contributed by atoms with Crippen LogP contribution in [0.5, 0.6) is 0 Å². The van der Waals surface area contributed by atoms with Crippen molar-refractivity contribution in [2.45, 2.75) is 25.9 Å². The third-order valence-electron chi connectivity index (χ3n) is 3.23. The Kier molecular flexibility index (Phi) is 5.36. The molecule has 1 atom stereocenters. The highest BCUT2D eigenvalue weighted by Crippen LogP contribution is 2.21. The molecular weight excluding hydrogens is 264 g/mol. The van der Waals surface area contributed by atoms with Crippen molar-refractivity contribution >= 4 is 17.4 Å². The molecule has 106 valence electrons. The molecule has 2 heterocycles. The zero-order valence-corrected chi connectivity index (χ0v) is 12.3. The van der Waals surface area contributed by atoms with E-state index in [1.807, 2.05) is 0 Å². The first-order valence-corrected chi connectivity index (χ1v) is 7.12. The summed E-state index contributed by atoms with van der Waals surface area (Å²) in [5, 5.41) is 3.88. The summed E-state index contributed by atoms with van der Waals surface area (Å²) >= 11 is 6.12. The second-order valence-electron chi connectivity index (χ2n) is 4.88. The van der Waals surface area contributed by atoms with Gasteiger partial charge in [0, 0.05) is 25.2 Å². The van der Waals surface area contributed by atoms with Crippen LogP contribution in [0.25, 0.3) is 0 Å². The molecule has 1 aliphatic heterocycles. The van der Waals surface area contributed by atoms with Gasteiger partial charge in [-0.3, -0.25) is 0 Å². The zero-order valence-electron chi connectivity index (χ0n) is 11.5. The number of halogens is 1. The molecular formula is C13H21ClN4O. The van der Waals surface area contributed by atoms with Crippen molar-refractivity contribution in [2.75, 3.05) is 38.6 Å². The van der Waals surface area contributed by atoms with Crippen LogP contribution in [0.3, 0.4) is 0 Å². The largest absolute Gasteiger partial charge is 0.374 e. The van der Waals surface area contributed by atoms with Gasteiger partial charge >= 0.3 is 0 Å². The number of hydrogen-bond acceptors (Lipinski definition) is 5. The van der Waals surface area contributed by atoms with Gasteiger partial charge in [0.25, 0.3) is 0 Å². The van der Waals surface area contributed by atoms with Gasteiger partial charge in [0.05, 0.1) is 12.7 Å². The Morgan fingerprint density at radius 2 is 2.37 bits per heavy atom. The van der Waals surface area contributed by atoms with Gasteiger partial charge in [-0.2, -0.15) is 0 Å². The minimum absolute atomic E-state index is 0.196. The summed E-state index contributed by atoms with van der Waals surface area (Å²) in [6.45, 7) is 5.59. The maximum absolute atomic E-state index is 6.12. The summed E-state index contributed by atoms with van der Waals surface area (Å²) in [4.78, 5) is 10.6. The fraction of sp³-hybridized carbons (Fsp3) is 0.692. The molecule has 1 unspecified atom stereocenters. The standard InChI is InChI=1S/C13H21ClN4O/c1-3-4-11-12(14)16-9-17-13(11)15-7-10-8-18(2)5-6-19-10/h9-10H,3-8H2,1-2H3,(H,15,16,17). The van der Waals surface area contributed by atoms with E-state index in [0.717, 1.165) is 50.5 Å². The Bertz CT molecular complexity index is 416. The number of hydrogen-bond donors (Lipinski definition) is 1. The van der Waals surface area contributed by atoms with Crippen molar-refractivity contribution in [3.8, 4) is 0 Å². The minimum atomic E-state index is 0.196. The fourth-order valence-corrected chi connectivity index (χ4v) is 2.44. The van der Waals surface area contributed by atoms with Crippen molar-refractivity contribution in [1.82, 2.24) is 14.9 Å². The van der Waals surface area contributed by atoms with Crippen LogP contribution in [0, 0.1) is 0 Å². The molecule has 19 heavy (non-hydrogen) atoms. The van der Waals surface area contributed by atoms with Crippen molar-refractivity contribution in [2.24, 2.45) is 0 Å². The normalized spacial score (nSPS) is 20.5. The van der Waals surface area contributed by atoms with Gasteiger partial charge in [-0.15, -0.1) is 0 Å². The third kappa shape index (κ3) is 4.03. The Labute approximate surface area is 119 Å². The van der Waals surface area contributed by atoms with Crippen LogP contribution < -0.4 is 5.32 Å².